The standard InChI is InChI=1S/C13H15N3O2S/c1-8(2)12-14-15-13(19)16(12)6-9-3-4-10-11(5-9)18-7-17-10/h3-5,8H,6-7H2,1-2H3,(H,15,19). The summed E-state index contributed by atoms with van der Waals surface area (Å²) in [6, 6.07) is 5.93. The van der Waals surface area contributed by atoms with E-state index in [-0.39, 0.29) is 0 Å². The highest BCUT2D eigenvalue weighted by atomic mass is 32.1. The average molecular weight is 277 g/mol. The number of aromatic nitrogens is 3. The summed E-state index contributed by atoms with van der Waals surface area (Å²) in [7, 11) is 0. The van der Waals surface area contributed by atoms with Gasteiger partial charge in [0.25, 0.3) is 0 Å². The number of hydrogen-bond acceptors (Lipinski definition) is 4. The fourth-order valence-corrected chi connectivity index (χ4v) is 2.35. The van der Waals surface area contributed by atoms with Gasteiger partial charge >= 0.3 is 0 Å². The second-order valence-electron chi connectivity index (χ2n) is 4.82. The number of benzene rings is 1. The highest BCUT2D eigenvalue weighted by Crippen LogP contribution is 2.32. The summed E-state index contributed by atoms with van der Waals surface area (Å²) >= 11 is 5.28. The molecule has 0 fully saturated rings. The van der Waals surface area contributed by atoms with Crippen molar-refractivity contribution in [1.82, 2.24) is 14.8 Å². The molecular formula is C13H15N3O2S. The van der Waals surface area contributed by atoms with Crippen LogP contribution in [0.5, 0.6) is 11.5 Å². The van der Waals surface area contributed by atoms with Crippen LogP contribution in [0.15, 0.2) is 18.2 Å². The van der Waals surface area contributed by atoms with Gasteiger partial charge in [0.1, 0.15) is 5.82 Å². The first-order chi connectivity index (χ1) is 9.15. The first-order valence-electron chi connectivity index (χ1n) is 6.19. The smallest absolute Gasteiger partial charge is 0.231 e. The molecule has 0 unspecified atom stereocenters. The van der Waals surface area contributed by atoms with E-state index in [0.29, 0.717) is 24.0 Å². The molecule has 0 spiro atoms. The van der Waals surface area contributed by atoms with E-state index < -0.39 is 0 Å². The summed E-state index contributed by atoms with van der Waals surface area (Å²) in [4.78, 5) is 0. The number of nitrogens with one attached hydrogen (secondary N) is 1. The Morgan fingerprint density at radius 1 is 1.37 bits per heavy atom. The Bertz CT molecular complexity index is 660. The van der Waals surface area contributed by atoms with Crippen LogP contribution in [0.3, 0.4) is 0 Å². The van der Waals surface area contributed by atoms with E-state index in [9.17, 15) is 0 Å². The molecule has 100 valence electrons. The van der Waals surface area contributed by atoms with Crippen LogP contribution in [0.4, 0.5) is 0 Å². The lowest BCUT2D eigenvalue weighted by Crippen LogP contribution is -2.06. The maximum absolute atomic E-state index is 5.39. The minimum Gasteiger partial charge on any atom is -0.454 e. The number of H-pyrrole nitrogens is 1. The average Bonchev–Trinajstić information content (AvgIpc) is 2.97. The van der Waals surface area contributed by atoms with Crippen molar-refractivity contribution in [3.8, 4) is 11.5 Å². The normalized spacial score (nSPS) is 13.2. The Morgan fingerprint density at radius 2 is 2.16 bits per heavy atom. The molecule has 5 nitrogen and oxygen atoms in total. The van der Waals surface area contributed by atoms with Crippen molar-refractivity contribution in [2.24, 2.45) is 0 Å². The van der Waals surface area contributed by atoms with Crippen molar-refractivity contribution >= 4 is 12.2 Å². The fourth-order valence-electron chi connectivity index (χ4n) is 2.15. The Labute approximate surface area is 116 Å². The third-order valence-corrected chi connectivity index (χ3v) is 3.39. The van der Waals surface area contributed by atoms with Crippen LogP contribution in [-0.4, -0.2) is 21.6 Å². The summed E-state index contributed by atoms with van der Waals surface area (Å²) < 4.78 is 13.3. The molecule has 0 radical (unpaired) electrons. The van der Waals surface area contributed by atoms with Gasteiger partial charge in [0.2, 0.25) is 6.79 Å². The topological polar surface area (TPSA) is 52.1 Å². The lowest BCUT2D eigenvalue weighted by atomic mass is 10.1. The Kier molecular flexibility index (Phi) is 3.02. The second-order valence-corrected chi connectivity index (χ2v) is 5.20. The monoisotopic (exact) mass is 277 g/mol. The Balaban J connectivity index is 1.93. The summed E-state index contributed by atoms with van der Waals surface area (Å²) in [5.41, 5.74) is 1.11. The maximum Gasteiger partial charge on any atom is 0.231 e. The third-order valence-electron chi connectivity index (χ3n) is 3.08. The van der Waals surface area contributed by atoms with E-state index in [1.54, 1.807) is 0 Å². The SMILES string of the molecule is CC(C)c1n[nH]c(=S)n1Cc1ccc2c(c1)OCO2. The van der Waals surface area contributed by atoms with Crippen molar-refractivity contribution in [2.45, 2.75) is 26.3 Å². The number of ether oxygens (including phenoxy) is 2. The molecule has 0 aliphatic carbocycles. The third kappa shape index (κ3) is 2.23. The lowest BCUT2D eigenvalue weighted by molar-refractivity contribution is 0.174. The number of aromatic amines is 1. The molecule has 0 bridgehead atoms. The van der Waals surface area contributed by atoms with Gasteiger partial charge in [-0.15, -0.1) is 0 Å². The Morgan fingerprint density at radius 3 is 2.95 bits per heavy atom. The maximum atomic E-state index is 5.39. The minimum atomic E-state index is 0.293. The molecule has 1 aliphatic rings. The van der Waals surface area contributed by atoms with Gasteiger partial charge in [-0.3, -0.25) is 9.67 Å². The van der Waals surface area contributed by atoms with Crippen LogP contribution in [0.2, 0.25) is 0 Å². The van der Waals surface area contributed by atoms with Crippen molar-refractivity contribution in [2.75, 3.05) is 6.79 Å². The first kappa shape index (κ1) is 12.2. The van der Waals surface area contributed by atoms with E-state index in [4.69, 9.17) is 21.7 Å². The van der Waals surface area contributed by atoms with E-state index in [2.05, 4.69) is 24.0 Å². The molecule has 0 atom stereocenters. The van der Waals surface area contributed by atoms with Crippen LogP contribution < -0.4 is 9.47 Å². The lowest BCUT2D eigenvalue weighted by Gasteiger charge is -2.09. The molecule has 0 saturated heterocycles. The highest BCUT2D eigenvalue weighted by molar-refractivity contribution is 7.71. The van der Waals surface area contributed by atoms with Gasteiger partial charge in [-0.05, 0) is 29.9 Å². The van der Waals surface area contributed by atoms with Crippen molar-refractivity contribution in [3.63, 3.8) is 0 Å². The molecule has 1 aromatic heterocycles. The minimum absolute atomic E-state index is 0.293. The predicted molar refractivity (Wildman–Crippen MR) is 73.2 cm³/mol. The van der Waals surface area contributed by atoms with Crippen LogP contribution in [0, 0.1) is 4.77 Å². The van der Waals surface area contributed by atoms with Crippen LogP contribution in [0.25, 0.3) is 0 Å². The molecule has 1 aliphatic heterocycles. The molecule has 1 aromatic carbocycles. The zero-order chi connectivity index (χ0) is 13.4. The van der Waals surface area contributed by atoms with E-state index in [0.717, 1.165) is 22.9 Å². The van der Waals surface area contributed by atoms with E-state index in [1.807, 2.05) is 22.8 Å². The molecule has 2 aromatic rings. The molecule has 1 N–H and O–H groups in total. The van der Waals surface area contributed by atoms with Gasteiger partial charge in [-0.25, -0.2) is 0 Å². The number of hydrogen-bond donors (Lipinski definition) is 1. The largest absolute Gasteiger partial charge is 0.454 e. The molecular weight excluding hydrogens is 262 g/mol. The molecule has 19 heavy (non-hydrogen) atoms. The fraction of sp³-hybridized carbons (Fsp3) is 0.385. The molecule has 2 heterocycles. The van der Waals surface area contributed by atoms with Crippen LogP contribution >= 0.6 is 12.2 Å². The predicted octanol–water partition coefficient (Wildman–Crippen LogP) is 2.84. The van der Waals surface area contributed by atoms with Gasteiger partial charge in [0.15, 0.2) is 16.3 Å². The first-order valence-corrected chi connectivity index (χ1v) is 6.59. The Hall–Kier alpha value is -1.82. The molecule has 0 saturated carbocycles. The summed E-state index contributed by atoms with van der Waals surface area (Å²) in [5.74, 6) is 2.87. The van der Waals surface area contributed by atoms with Gasteiger partial charge in [0, 0.05) is 5.92 Å². The number of rotatable bonds is 3. The van der Waals surface area contributed by atoms with E-state index >= 15 is 0 Å². The second kappa shape index (κ2) is 4.70. The number of nitrogens with zero attached hydrogens (tertiary/aromatic N) is 2. The van der Waals surface area contributed by atoms with Crippen LogP contribution in [0.1, 0.15) is 31.2 Å². The summed E-state index contributed by atoms with van der Waals surface area (Å²) in [6.45, 7) is 5.17. The van der Waals surface area contributed by atoms with Gasteiger partial charge < -0.3 is 9.47 Å². The zero-order valence-electron chi connectivity index (χ0n) is 10.8. The zero-order valence-corrected chi connectivity index (χ0v) is 11.7. The van der Waals surface area contributed by atoms with Gasteiger partial charge in [-0.2, -0.15) is 5.10 Å². The van der Waals surface area contributed by atoms with Gasteiger partial charge in [-0.1, -0.05) is 19.9 Å². The molecule has 3 rings (SSSR count). The van der Waals surface area contributed by atoms with Crippen molar-refractivity contribution < 1.29 is 9.47 Å². The van der Waals surface area contributed by atoms with Gasteiger partial charge in [0.05, 0.1) is 6.54 Å². The quantitative estimate of drug-likeness (QED) is 0.877. The van der Waals surface area contributed by atoms with Crippen molar-refractivity contribution in [1.29, 1.82) is 0 Å². The number of fused-ring (bicyclic) bond motifs is 1. The van der Waals surface area contributed by atoms with Crippen molar-refractivity contribution in [3.05, 3.63) is 34.4 Å². The molecule has 6 heteroatoms. The highest BCUT2D eigenvalue weighted by Gasteiger charge is 2.15. The van der Waals surface area contributed by atoms with E-state index in [1.165, 1.54) is 0 Å². The van der Waals surface area contributed by atoms with Crippen LogP contribution in [-0.2, 0) is 6.54 Å². The molecule has 0 amide bonds. The summed E-state index contributed by atoms with van der Waals surface area (Å²) in [6.07, 6.45) is 0. The summed E-state index contributed by atoms with van der Waals surface area (Å²) in [5, 5.41) is 7.12.